The quantitative estimate of drug-likeness (QED) is 0.489. The SMILES string of the molecule is COc1ccc(C(=O)CCCCN2CCN(c3ccccc3)CC2)cc1NC(N)=O. The third-order valence-electron chi connectivity index (χ3n) is 5.40. The van der Waals surface area contributed by atoms with Gasteiger partial charge in [-0.25, -0.2) is 4.79 Å². The van der Waals surface area contributed by atoms with E-state index in [2.05, 4.69) is 39.4 Å². The molecule has 2 amide bonds. The van der Waals surface area contributed by atoms with Gasteiger partial charge in [-0.15, -0.1) is 0 Å². The fourth-order valence-corrected chi connectivity index (χ4v) is 3.75. The predicted octanol–water partition coefficient (Wildman–Crippen LogP) is 3.36. The number of para-hydroxylation sites is 1. The van der Waals surface area contributed by atoms with Gasteiger partial charge in [0.2, 0.25) is 0 Å². The summed E-state index contributed by atoms with van der Waals surface area (Å²) in [6.07, 6.45) is 2.30. The molecule has 7 heteroatoms. The number of methoxy groups -OCH3 is 1. The lowest BCUT2D eigenvalue weighted by atomic mass is 10.0. The van der Waals surface area contributed by atoms with Crippen molar-refractivity contribution in [2.75, 3.05) is 50.1 Å². The van der Waals surface area contributed by atoms with Crippen LogP contribution in [0.15, 0.2) is 48.5 Å². The first-order chi connectivity index (χ1) is 14.6. The van der Waals surface area contributed by atoms with E-state index in [1.54, 1.807) is 18.2 Å². The third kappa shape index (κ3) is 5.97. The van der Waals surface area contributed by atoms with Crippen LogP contribution in [0.2, 0.25) is 0 Å². The molecular formula is C23H30N4O3. The van der Waals surface area contributed by atoms with Crippen LogP contribution in [0.4, 0.5) is 16.2 Å². The number of anilines is 2. The summed E-state index contributed by atoms with van der Waals surface area (Å²) in [5.41, 5.74) is 7.43. The minimum absolute atomic E-state index is 0.0547. The summed E-state index contributed by atoms with van der Waals surface area (Å²) in [5.74, 6) is 0.527. The molecule has 160 valence electrons. The number of nitrogens with zero attached hydrogens (tertiary/aromatic N) is 2. The maximum Gasteiger partial charge on any atom is 0.316 e. The molecule has 0 bridgehead atoms. The molecule has 1 aliphatic heterocycles. The monoisotopic (exact) mass is 410 g/mol. The van der Waals surface area contributed by atoms with Gasteiger partial charge >= 0.3 is 6.03 Å². The van der Waals surface area contributed by atoms with Crippen molar-refractivity contribution in [3.8, 4) is 5.75 Å². The van der Waals surface area contributed by atoms with E-state index in [-0.39, 0.29) is 5.78 Å². The van der Waals surface area contributed by atoms with Crippen molar-refractivity contribution in [1.82, 2.24) is 4.90 Å². The summed E-state index contributed by atoms with van der Waals surface area (Å²) < 4.78 is 5.19. The number of ether oxygens (including phenoxy) is 1. The molecule has 1 aliphatic rings. The maximum atomic E-state index is 12.5. The lowest BCUT2D eigenvalue weighted by Gasteiger charge is -2.36. The average molecular weight is 411 g/mol. The molecule has 0 radical (unpaired) electrons. The van der Waals surface area contributed by atoms with Crippen molar-refractivity contribution in [2.45, 2.75) is 19.3 Å². The molecule has 1 heterocycles. The van der Waals surface area contributed by atoms with Crippen molar-refractivity contribution in [3.05, 3.63) is 54.1 Å². The standard InChI is InChI=1S/C23H30N4O3/c1-30-22-11-10-18(17-20(22)25-23(24)29)21(28)9-5-6-12-26-13-15-27(16-14-26)19-7-3-2-4-8-19/h2-4,7-8,10-11,17H,5-6,9,12-16H2,1H3,(H3,24,25,29). The van der Waals surface area contributed by atoms with Gasteiger partial charge in [0, 0.05) is 43.9 Å². The molecule has 7 nitrogen and oxygen atoms in total. The zero-order chi connectivity index (χ0) is 21.3. The first-order valence-corrected chi connectivity index (χ1v) is 10.4. The Kier molecular flexibility index (Phi) is 7.68. The normalized spacial score (nSPS) is 14.4. The van der Waals surface area contributed by atoms with Crippen LogP contribution in [0.3, 0.4) is 0 Å². The van der Waals surface area contributed by atoms with E-state index < -0.39 is 6.03 Å². The van der Waals surface area contributed by atoms with Crippen LogP contribution in [-0.2, 0) is 0 Å². The third-order valence-corrected chi connectivity index (χ3v) is 5.40. The number of benzene rings is 2. The number of carbonyl (C=O) groups is 2. The smallest absolute Gasteiger partial charge is 0.316 e. The number of Topliss-reactive ketones (excluding diaryl/α,β-unsaturated/α-hetero) is 1. The molecule has 0 aromatic heterocycles. The van der Waals surface area contributed by atoms with Crippen LogP contribution in [0.5, 0.6) is 5.75 Å². The van der Waals surface area contributed by atoms with Crippen molar-refractivity contribution in [1.29, 1.82) is 0 Å². The molecule has 2 aromatic rings. The first kappa shape index (κ1) is 21.6. The molecule has 3 N–H and O–H groups in total. The maximum absolute atomic E-state index is 12.5. The van der Waals surface area contributed by atoms with Gasteiger partial charge in [0.05, 0.1) is 12.8 Å². The number of urea groups is 1. The summed E-state index contributed by atoms with van der Waals surface area (Å²) in [4.78, 5) is 28.6. The average Bonchev–Trinajstić information content (AvgIpc) is 2.77. The summed E-state index contributed by atoms with van der Waals surface area (Å²) in [5, 5.41) is 2.50. The molecule has 0 aliphatic carbocycles. The Balaban J connectivity index is 1.40. The first-order valence-electron chi connectivity index (χ1n) is 10.4. The molecule has 0 saturated carbocycles. The summed E-state index contributed by atoms with van der Waals surface area (Å²) in [6, 6.07) is 14.8. The zero-order valence-electron chi connectivity index (χ0n) is 17.5. The number of amides is 2. The number of piperazine rings is 1. The molecule has 1 fully saturated rings. The Morgan fingerprint density at radius 2 is 1.77 bits per heavy atom. The Morgan fingerprint density at radius 1 is 1.03 bits per heavy atom. The van der Waals surface area contributed by atoms with Crippen LogP contribution in [0.1, 0.15) is 29.6 Å². The topological polar surface area (TPSA) is 87.9 Å². The van der Waals surface area contributed by atoms with E-state index in [9.17, 15) is 9.59 Å². The lowest BCUT2D eigenvalue weighted by Crippen LogP contribution is -2.46. The van der Waals surface area contributed by atoms with Crippen molar-refractivity contribution < 1.29 is 14.3 Å². The van der Waals surface area contributed by atoms with Gasteiger partial charge < -0.3 is 20.7 Å². The molecule has 0 unspecified atom stereocenters. The number of nitrogens with two attached hydrogens (primary N) is 1. The number of rotatable bonds is 9. The zero-order valence-corrected chi connectivity index (χ0v) is 17.5. The van der Waals surface area contributed by atoms with Crippen molar-refractivity contribution in [2.24, 2.45) is 5.73 Å². The second-order valence-electron chi connectivity index (χ2n) is 7.45. The van der Waals surface area contributed by atoms with E-state index in [4.69, 9.17) is 10.5 Å². The molecule has 30 heavy (non-hydrogen) atoms. The van der Waals surface area contributed by atoms with Gasteiger partial charge in [0.15, 0.2) is 5.78 Å². The fourth-order valence-electron chi connectivity index (χ4n) is 3.75. The largest absolute Gasteiger partial charge is 0.495 e. The van der Waals surface area contributed by atoms with Crippen molar-refractivity contribution in [3.63, 3.8) is 0 Å². The number of ketones is 1. The van der Waals surface area contributed by atoms with Gasteiger partial charge in [-0.1, -0.05) is 18.2 Å². The minimum atomic E-state index is -0.690. The Bertz CT molecular complexity index is 849. The highest BCUT2D eigenvalue weighted by atomic mass is 16.5. The molecule has 1 saturated heterocycles. The van der Waals surface area contributed by atoms with E-state index in [1.807, 2.05) is 6.07 Å². The molecule has 2 aromatic carbocycles. The number of hydrogen-bond acceptors (Lipinski definition) is 5. The van der Waals surface area contributed by atoms with Gasteiger partial charge in [-0.3, -0.25) is 9.69 Å². The van der Waals surface area contributed by atoms with Gasteiger partial charge in [-0.05, 0) is 49.7 Å². The Hall–Kier alpha value is -3.06. The minimum Gasteiger partial charge on any atom is -0.495 e. The second kappa shape index (κ2) is 10.6. The van der Waals surface area contributed by atoms with Gasteiger partial charge in [-0.2, -0.15) is 0 Å². The van der Waals surface area contributed by atoms with Crippen LogP contribution >= 0.6 is 0 Å². The number of unbranched alkanes of at least 4 members (excludes halogenated alkanes) is 1. The predicted molar refractivity (Wildman–Crippen MR) is 119 cm³/mol. The van der Waals surface area contributed by atoms with Gasteiger partial charge in [0.1, 0.15) is 5.75 Å². The van der Waals surface area contributed by atoms with Crippen LogP contribution in [0, 0.1) is 0 Å². The van der Waals surface area contributed by atoms with Crippen molar-refractivity contribution >= 4 is 23.2 Å². The Labute approximate surface area is 177 Å². The number of carbonyl (C=O) groups excluding carboxylic acids is 2. The van der Waals surface area contributed by atoms with Gasteiger partial charge in [0.25, 0.3) is 0 Å². The molecule has 0 spiro atoms. The molecule has 0 atom stereocenters. The Morgan fingerprint density at radius 3 is 2.43 bits per heavy atom. The van der Waals surface area contributed by atoms with Crippen LogP contribution < -0.4 is 20.7 Å². The highest BCUT2D eigenvalue weighted by Gasteiger charge is 2.17. The summed E-state index contributed by atoms with van der Waals surface area (Å²) >= 11 is 0. The van der Waals surface area contributed by atoms with Crippen LogP contribution in [0.25, 0.3) is 0 Å². The number of primary amides is 1. The van der Waals surface area contributed by atoms with E-state index in [1.165, 1.54) is 12.8 Å². The van der Waals surface area contributed by atoms with Crippen LogP contribution in [-0.4, -0.2) is 56.5 Å². The number of nitrogens with one attached hydrogen (secondary N) is 1. The fraction of sp³-hybridized carbons (Fsp3) is 0.391. The summed E-state index contributed by atoms with van der Waals surface area (Å²) in [7, 11) is 1.50. The molecular weight excluding hydrogens is 380 g/mol. The molecule has 3 rings (SSSR count). The van der Waals surface area contributed by atoms with E-state index in [0.717, 1.165) is 45.6 Å². The van der Waals surface area contributed by atoms with E-state index in [0.29, 0.717) is 23.4 Å². The summed E-state index contributed by atoms with van der Waals surface area (Å²) in [6.45, 7) is 5.16. The van der Waals surface area contributed by atoms with E-state index >= 15 is 0 Å². The highest BCUT2D eigenvalue weighted by molar-refractivity contribution is 5.99. The number of hydrogen-bond donors (Lipinski definition) is 2. The highest BCUT2D eigenvalue weighted by Crippen LogP contribution is 2.26. The second-order valence-corrected chi connectivity index (χ2v) is 7.45. The lowest BCUT2D eigenvalue weighted by molar-refractivity contribution is 0.0977.